The lowest BCUT2D eigenvalue weighted by atomic mass is 10.0. The van der Waals surface area contributed by atoms with E-state index >= 15 is 0 Å². The molecule has 7 heteroatoms. The molecule has 1 aliphatic rings. The third-order valence-electron chi connectivity index (χ3n) is 6.12. The molecule has 0 unspecified atom stereocenters. The Kier molecular flexibility index (Phi) is 8.72. The van der Waals surface area contributed by atoms with E-state index in [0.717, 1.165) is 37.2 Å². The minimum absolute atomic E-state index is 0.0525. The van der Waals surface area contributed by atoms with Crippen molar-refractivity contribution in [1.29, 1.82) is 0 Å². The van der Waals surface area contributed by atoms with E-state index in [-0.39, 0.29) is 23.8 Å². The zero-order valence-corrected chi connectivity index (χ0v) is 20.0. The summed E-state index contributed by atoms with van der Waals surface area (Å²) >= 11 is 0. The number of nitrogens with one attached hydrogen (secondary N) is 2. The van der Waals surface area contributed by atoms with Crippen molar-refractivity contribution in [1.82, 2.24) is 15.5 Å². The van der Waals surface area contributed by atoms with Gasteiger partial charge in [0.25, 0.3) is 5.91 Å². The highest BCUT2D eigenvalue weighted by Crippen LogP contribution is 2.27. The molecule has 2 amide bonds. The summed E-state index contributed by atoms with van der Waals surface area (Å²) in [6.07, 6.45) is 2.31. The number of likely N-dealkylation sites (tertiary alicyclic amines) is 1. The monoisotopic (exact) mass is 453 g/mol. The molecule has 2 N–H and O–H groups in total. The molecule has 2 aromatic carbocycles. The van der Waals surface area contributed by atoms with Crippen LogP contribution in [0.2, 0.25) is 0 Å². The molecule has 0 radical (unpaired) electrons. The van der Waals surface area contributed by atoms with E-state index in [2.05, 4.69) is 21.6 Å². The van der Waals surface area contributed by atoms with Crippen molar-refractivity contribution >= 4 is 11.8 Å². The topological polar surface area (TPSA) is 79.9 Å². The lowest BCUT2D eigenvalue weighted by Gasteiger charge is -2.30. The van der Waals surface area contributed by atoms with Crippen LogP contribution in [0.1, 0.15) is 48.7 Å². The van der Waals surface area contributed by atoms with Crippen LogP contribution in [0.15, 0.2) is 48.5 Å². The van der Waals surface area contributed by atoms with Crippen LogP contribution >= 0.6 is 0 Å². The van der Waals surface area contributed by atoms with Crippen molar-refractivity contribution in [3.63, 3.8) is 0 Å². The van der Waals surface area contributed by atoms with Gasteiger partial charge in [-0.3, -0.25) is 14.5 Å². The zero-order valence-electron chi connectivity index (χ0n) is 20.0. The van der Waals surface area contributed by atoms with Gasteiger partial charge in [0.1, 0.15) is 17.5 Å². The predicted octanol–water partition coefficient (Wildman–Crippen LogP) is 3.41. The minimum Gasteiger partial charge on any atom is -0.497 e. The molecule has 1 fully saturated rings. The Balaban J connectivity index is 1.68. The Hall–Kier alpha value is -3.06. The number of hydrogen-bond donors (Lipinski definition) is 2. The second-order valence-corrected chi connectivity index (χ2v) is 8.70. The van der Waals surface area contributed by atoms with Crippen molar-refractivity contribution in [3.8, 4) is 11.5 Å². The van der Waals surface area contributed by atoms with Crippen molar-refractivity contribution in [3.05, 3.63) is 59.7 Å². The Labute approximate surface area is 196 Å². The third kappa shape index (κ3) is 6.48. The number of ether oxygens (including phenoxy) is 2. The maximum absolute atomic E-state index is 13.1. The first-order chi connectivity index (χ1) is 15.9. The molecular weight excluding hydrogens is 418 g/mol. The van der Waals surface area contributed by atoms with E-state index in [1.54, 1.807) is 38.5 Å². The van der Waals surface area contributed by atoms with E-state index in [0.29, 0.717) is 17.9 Å². The normalized spacial score (nSPS) is 15.7. The minimum atomic E-state index is -0.635. The van der Waals surface area contributed by atoms with Gasteiger partial charge in [0, 0.05) is 12.1 Å². The van der Waals surface area contributed by atoms with Crippen LogP contribution in [0.3, 0.4) is 0 Å². The number of methoxy groups -OCH3 is 2. The Morgan fingerprint density at radius 2 is 1.64 bits per heavy atom. The number of benzene rings is 2. The van der Waals surface area contributed by atoms with Gasteiger partial charge in [-0.2, -0.15) is 0 Å². The van der Waals surface area contributed by atoms with Gasteiger partial charge in [0.05, 0.1) is 20.3 Å². The molecule has 178 valence electrons. The molecule has 33 heavy (non-hydrogen) atoms. The fraction of sp³-hybridized carbons (Fsp3) is 0.462. The molecule has 3 rings (SSSR count). The van der Waals surface area contributed by atoms with Gasteiger partial charge in [0.2, 0.25) is 5.91 Å². The van der Waals surface area contributed by atoms with Gasteiger partial charge in [-0.15, -0.1) is 0 Å². The van der Waals surface area contributed by atoms with E-state index in [1.807, 2.05) is 32.0 Å². The number of rotatable bonds is 10. The first kappa shape index (κ1) is 24.6. The van der Waals surface area contributed by atoms with Crippen LogP contribution in [0.25, 0.3) is 0 Å². The molecule has 1 heterocycles. The fourth-order valence-electron chi connectivity index (χ4n) is 4.17. The summed E-state index contributed by atoms with van der Waals surface area (Å²) in [5.41, 5.74) is 1.60. The number of carbonyl (C=O) groups excluding carboxylic acids is 2. The SMILES string of the molecule is COc1ccc(C(=O)N[C@H](C(=O)NC[C@H](c2cccc(OC)c2)N2CCCC2)C(C)C)cc1. The molecule has 0 bridgehead atoms. The van der Waals surface area contributed by atoms with Crippen LogP contribution in [-0.4, -0.2) is 56.6 Å². The molecule has 1 aliphatic heterocycles. The highest BCUT2D eigenvalue weighted by molar-refractivity contribution is 5.97. The van der Waals surface area contributed by atoms with Crippen molar-refractivity contribution < 1.29 is 19.1 Å². The number of hydrogen-bond acceptors (Lipinski definition) is 5. The second-order valence-electron chi connectivity index (χ2n) is 8.70. The fourth-order valence-corrected chi connectivity index (χ4v) is 4.17. The second kappa shape index (κ2) is 11.7. The van der Waals surface area contributed by atoms with Gasteiger partial charge in [0.15, 0.2) is 0 Å². The van der Waals surface area contributed by atoms with E-state index < -0.39 is 6.04 Å². The van der Waals surface area contributed by atoms with Crippen LogP contribution in [-0.2, 0) is 4.79 Å². The third-order valence-corrected chi connectivity index (χ3v) is 6.12. The summed E-state index contributed by atoms with van der Waals surface area (Å²) in [5.74, 6) is 0.952. The summed E-state index contributed by atoms with van der Waals surface area (Å²) in [6.45, 7) is 6.32. The van der Waals surface area contributed by atoms with Crippen LogP contribution in [0.5, 0.6) is 11.5 Å². The summed E-state index contributed by atoms with van der Waals surface area (Å²) in [4.78, 5) is 28.3. The van der Waals surface area contributed by atoms with Crippen LogP contribution in [0.4, 0.5) is 0 Å². The van der Waals surface area contributed by atoms with Gasteiger partial charge in [-0.05, 0) is 73.8 Å². The molecule has 1 saturated heterocycles. The van der Waals surface area contributed by atoms with Crippen molar-refractivity contribution in [2.75, 3.05) is 33.9 Å². The first-order valence-corrected chi connectivity index (χ1v) is 11.5. The molecular formula is C26H35N3O4. The first-order valence-electron chi connectivity index (χ1n) is 11.5. The molecule has 0 spiro atoms. The quantitative estimate of drug-likeness (QED) is 0.576. The zero-order chi connectivity index (χ0) is 23.8. The average Bonchev–Trinajstić information content (AvgIpc) is 3.37. The molecule has 0 aliphatic carbocycles. The van der Waals surface area contributed by atoms with Gasteiger partial charge >= 0.3 is 0 Å². The largest absolute Gasteiger partial charge is 0.497 e. The molecule has 0 aromatic heterocycles. The van der Waals surface area contributed by atoms with Gasteiger partial charge < -0.3 is 20.1 Å². The molecule has 2 aromatic rings. The highest BCUT2D eigenvalue weighted by Gasteiger charge is 2.28. The highest BCUT2D eigenvalue weighted by atomic mass is 16.5. The summed E-state index contributed by atoms with van der Waals surface area (Å²) in [6, 6.07) is 14.3. The lowest BCUT2D eigenvalue weighted by molar-refractivity contribution is -0.124. The molecule has 2 atom stereocenters. The van der Waals surface area contributed by atoms with Gasteiger partial charge in [-0.1, -0.05) is 26.0 Å². The Morgan fingerprint density at radius 3 is 2.24 bits per heavy atom. The van der Waals surface area contributed by atoms with E-state index in [1.165, 1.54) is 0 Å². The smallest absolute Gasteiger partial charge is 0.251 e. The predicted molar refractivity (Wildman–Crippen MR) is 129 cm³/mol. The van der Waals surface area contributed by atoms with Crippen LogP contribution in [0, 0.1) is 5.92 Å². The standard InChI is InChI=1S/C26H35N3O4/c1-18(2)24(28-25(30)19-10-12-21(32-3)13-11-19)26(31)27-17-23(29-14-5-6-15-29)20-8-7-9-22(16-20)33-4/h7-13,16,18,23-24H,5-6,14-15,17H2,1-4H3,(H,27,31)(H,28,30)/t23-,24+/m1/s1. The Morgan fingerprint density at radius 1 is 0.970 bits per heavy atom. The number of carbonyl (C=O) groups is 2. The number of amides is 2. The van der Waals surface area contributed by atoms with E-state index in [4.69, 9.17) is 9.47 Å². The summed E-state index contributed by atoms with van der Waals surface area (Å²) in [7, 11) is 3.24. The van der Waals surface area contributed by atoms with Gasteiger partial charge in [-0.25, -0.2) is 0 Å². The lowest BCUT2D eigenvalue weighted by Crippen LogP contribution is -2.51. The summed E-state index contributed by atoms with van der Waals surface area (Å²) < 4.78 is 10.5. The Bertz CT molecular complexity index is 923. The maximum Gasteiger partial charge on any atom is 0.251 e. The number of nitrogens with zero attached hydrogens (tertiary/aromatic N) is 1. The maximum atomic E-state index is 13.1. The van der Waals surface area contributed by atoms with Crippen molar-refractivity contribution in [2.45, 2.75) is 38.8 Å². The van der Waals surface area contributed by atoms with Crippen LogP contribution < -0.4 is 20.1 Å². The van der Waals surface area contributed by atoms with E-state index in [9.17, 15) is 9.59 Å². The average molecular weight is 454 g/mol. The van der Waals surface area contributed by atoms with Crippen molar-refractivity contribution in [2.24, 2.45) is 5.92 Å². The molecule has 7 nitrogen and oxygen atoms in total. The molecule has 0 saturated carbocycles. The summed E-state index contributed by atoms with van der Waals surface area (Å²) in [5, 5.41) is 5.99.